The maximum Gasteiger partial charge on any atom is 0.409 e. The van der Waals surface area contributed by atoms with Crippen LogP contribution < -0.4 is 5.32 Å². The van der Waals surface area contributed by atoms with E-state index in [-0.39, 0.29) is 6.61 Å². The Bertz CT molecular complexity index is 232. The largest absolute Gasteiger partial charge is 0.447 e. The zero-order valence-corrected chi connectivity index (χ0v) is 11.4. The molecule has 0 aliphatic carbocycles. The summed E-state index contributed by atoms with van der Waals surface area (Å²) in [4.78, 5) is 11.4. The van der Waals surface area contributed by atoms with E-state index in [1.54, 1.807) is 0 Å². The van der Waals surface area contributed by atoms with Crippen LogP contribution in [0.5, 0.6) is 0 Å². The smallest absolute Gasteiger partial charge is 0.409 e. The standard InChI is InChI=1S/C9H19NO5Si/c11-5-7(12)6-14-8(13)10-9(16)3-1-2-4-15-9/h7,11-12H,1-6H2,16H3,(H,10,13). The molecule has 1 saturated heterocycles. The van der Waals surface area contributed by atoms with Gasteiger partial charge >= 0.3 is 6.09 Å². The molecule has 2 unspecified atom stereocenters. The lowest BCUT2D eigenvalue weighted by Gasteiger charge is -2.34. The maximum atomic E-state index is 11.4. The summed E-state index contributed by atoms with van der Waals surface area (Å²) >= 11 is 0. The first kappa shape index (κ1) is 13.4. The van der Waals surface area contributed by atoms with Gasteiger partial charge in [-0.2, -0.15) is 0 Å². The zero-order valence-electron chi connectivity index (χ0n) is 9.44. The van der Waals surface area contributed by atoms with Crippen LogP contribution in [0.4, 0.5) is 4.79 Å². The summed E-state index contributed by atoms with van der Waals surface area (Å²) in [5.74, 6) is 0. The predicted molar refractivity (Wildman–Crippen MR) is 60.0 cm³/mol. The number of alkyl carbamates (subject to hydrolysis) is 1. The minimum atomic E-state index is -1.02. The fraction of sp³-hybridized carbons (Fsp3) is 0.889. The Morgan fingerprint density at radius 1 is 1.62 bits per heavy atom. The molecule has 1 heterocycles. The summed E-state index contributed by atoms with van der Waals surface area (Å²) < 4.78 is 10.3. The van der Waals surface area contributed by atoms with Crippen LogP contribution in [0.1, 0.15) is 19.3 Å². The highest BCUT2D eigenvalue weighted by Gasteiger charge is 2.29. The quantitative estimate of drug-likeness (QED) is 0.516. The summed E-state index contributed by atoms with van der Waals surface area (Å²) in [5, 5.41) is 19.7. The van der Waals surface area contributed by atoms with Gasteiger partial charge in [0.15, 0.2) is 0 Å². The van der Waals surface area contributed by atoms with E-state index >= 15 is 0 Å². The van der Waals surface area contributed by atoms with Crippen LogP contribution in [0, 0.1) is 0 Å². The number of rotatable bonds is 4. The second-order valence-corrected chi connectivity index (χ2v) is 5.71. The molecular weight excluding hydrogens is 230 g/mol. The Hall–Kier alpha value is -0.633. The average Bonchev–Trinajstić information content (AvgIpc) is 2.26. The van der Waals surface area contributed by atoms with Crippen molar-refractivity contribution in [2.24, 2.45) is 0 Å². The van der Waals surface area contributed by atoms with Crippen molar-refractivity contribution in [2.45, 2.75) is 30.7 Å². The molecule has 1 aliphatic rings. The van der Waals surface area contributed by atoms with Gasteiger partial charge in [0.2, 0.25) is 0 Å². The summed E-state index contributed by atoms with van der Waals surface area (Å²) in [7, 11) is 0.686. The highest BCUT2D eigenvalue weighted by molar-refractivity contribution is 6.15. The van der Waals surface area contributed by atoms with Crippen LogP contribution in [0.25, 0.3) is 0 Å². The Labute approximate surface area is 97.4 Å². The van der Waals surface area contributed by atoms with Crippen molar-refractivity contribution in [3.63, 3.8) is 0 Å². The van der Waals surface area contributed by atoms with Crippen LogP contribution in [0.3, 0.4) is 0 Å². The van der Waals surface area contributed by atoms with E-state index in [0.717, 1.165) is 19.3 Å². The zero-order chi connectivity index (χ0) is 12.0. The molecule has 16 heavy (non-hydrogen) atoms. The van der Waals surface area contributed by atoms with E-state index in [1.807, 2.05) is 0 Å². The number of nitrogens with one attached hydrogen (secondary N) is 1. The van der Waals surface area contributed by atoms with Crippen LogP contribution in [0.2, 0.25) is 0 Å². The third-order valence-electron chi connectivity index (χ3n) is 2.45. The summed E-state index contributed by atoms with van der Waals surface area (Å²) in [6.07, 6.45) is 1.22. The first-order chi connectivity index (χ1) is 7.56. The van der Waals surface area contributed by atoms with Gasteiger partial charge in [-0.3, -0.25) is 5.32 Å². The highest BCUT2D eigenvalue weighted by atomic mass is 28.1. The monoisotopic (exact) mass is 249 g/mol. The van der Waals surface area contributed by atoms with E-state index < -0.39 is 24.2 Å². The van der Waals surface area contributed by atoms with Gasteiger partial charge in [-0.15, -0.1) is 0 Å². The van der Waals surface area contributed by atoms with Gasteiger partial charge in [0.1, 0.15) is 18.1 Å². The molecule has 0 saturated carbocycles. The highest BCUT2D eigenvalue weighted by Crippen LogP contribution is 2.18. The van der Waals surface area contributed by atoms with Crippen molar-refractivity contribution in [2.75, 3.05) is 19.8 Å². The van der Waals surface area contributed by atoms with Gasteiger partial charge in [-0.05, 0) is 19.3 Å². The number of carbonyl (C=O) groups excluding carboxylic acids is 1. The molecule has 1 aliphatic heterocycles. The molecule has 7 heteroatoms. The molecule has 0 aromatic carbocycles. The first-order valence-corrected chi connectivity index (χ1v) is 6.43. The maximum absolute atomic E-state index is 11.4. The molecule has 0 spiro atoms. The van der Waals surface area contributed by atoms with Gasteiger partial charge in [0, 0.05) is 6.61 Å². The normalized spacial score (nSPS) is 27.4. The Morgan fingerprint density at radius 3 is 2.94 bits per heavy atom. The number of hydrogen-bond acceptors (Lipinski definition) is 5. The number of ether oxygens (including phenoxy) is 2. The van der Waals surface area contributed by atoms with Crippen molar-refractivity contribution in [3.8, 4) is 0 Å². The second-order valence-electron chi connectivity index (χ2n) is 4.10. The minimum absolute atomic E-state index is 0.208. The topological polar surface area (TPSA) is 88.0 Å². The van der Waals surface area contributed by atoms with E-state index in [0.29, 0.717) is 16.8 Å². The number of aliphatic hydroxyl groups excluding tert-OH is 2. The third kappa shape index (κ3) is 4.48. The van der Waals surface area contributed by atoms with Gasteiger partial charge in [0.05, 0.1) is 16.8 Å². The molecule has 0 bridgehead atoms. The Balaban J connectivity index is 2.27. The molecular formula is C9H19NO5Si. The minimum Gasteiger partial charge on any atom is -0.447 e. The Kier molecular flexibility index (Phi) is 5.20. The van der Waals surface area contributed by atoms with Gasteiger partial charge in [0.25, 0.3) is 0 Å². The number of amides is 1. The van der Waals surface area contributed by atoms with Crippen LogP contribution in [-0.4, -0.2) is 57.8 Å². The van der Waals surface area contributed by atoms with E-state index in [1.165, 1.54) is 0 Å². The molecule has 0 radical (unpaired) electrons. The van der Waals surface area contributed by atoms with Crippen LogP contribution in [0.15, 0.2) is 0 Å². The lowest BCUT2D eigenvalue weighted by atomic mass is 10.2. The van der Waals surface area contributed by atoms with E-state index in [4.69, 9.17) is 19.7 Å². The molecule has 0 aromatic heterocycles. The summed E-state index contributed by atoms with van der Waals surface area (Å²) in [6, 6.07) is 0. The lowest BCUT2D eigenvalue weighted by molar-refractivity contribution is -0.0418. The molecule has 2 atom stereocenters. The average molecular weight is 249 g/mol. The van der Waals surface area contributed by atoms with Crippen molar-refractivity contribution in [3.05, 3.63) is 0 Å². The number of hydrogen-bond donors (Lipinski definition) is 3. The molecule has 1 fully saturated rings. The second kappa shape index (κ2) is 6.19. The number of aliphatic hydroxyl groups is 2. The van der Waals surface area contributed by atoms with Crippen molar-refractivity contribution < 1.29 is 24.5 Å². The predicted octanol–water partition coefficient (Wildman–Crippen LogP) is -1.71. The Morgan fingerprint density at radius 2 is 2.38 bits per heavy atom. The number of carbonyl (C=O) groups is 1. The van der Waals surface area contributed by atoms with E-state index in [9.17, 15) is 4.79 Å². The van der Waals surface area contributed by atoms with Crippen LogP contribution >= 0.6 is 0 Å². The fourth-order valence-corrected chi connectivity index (χ4v) is 2.27. The fourth-order valence-electron chi connectivity index (χ4n) is 1.51. The van der Waals surface area contributed by atoms with Crippen LogP contribution in [-0.2, 0) is 9.47 Å². The van der Waals surface area contributed by atoms with Crippen molar-refractivity contribution in [1.82, 2.24) is 5.32 Å². The molecule has 1 rings (SSSR count). The van der Waals surface area contributed by atoms with Gasteiger partial charge in [-0.1, -0.05) is 0 Å². The molecule has 3 N–H and O–H groups in total. The molecule has 94 valence electrons. The summed E-state index contributed by atoms with van der Waals surface area (Å²) in [6.45, 7) is 0.0266. The van der Waals surface area contributed by atoms with E-state index in [2.05, 4.69) is 5.32 Å². The lowest BCUT2D eigenvalue weighted by Crippen LogP contribution is -2.53. The third-order valence-corrected chi connectivity index (χ3v) is 3.49. The molecule has 1 amide bonds. The first-order valence-electron chi connectivity index (χ1n) is 5.43. The van der Waals surface area contributed by atoms with Crippen molar-refractivity contribution >= 4 is 16.3 Å². The summed E-state index contributed by atoms with van der Waals surface area (Å²) in [5.41, 5.74) is 0. The van der Waals surface area contributed by atoms with Gasteiger partial charge in [-0.25, -0.2) is 4.79 Å². The molecule has 6 nitrogen and oxygen atoms in total. The molecule has 0 aromatic rings. The van der Waals surface area contributed by atoms with Gasteiger partial charge < -0.3 is 19.7 Å². The van der Waals surface area contributed by atoms with Crippen molar-refractivity contribution in [1.29, 1.82) is 0 Å². The SMILES string of the molecule is O=C(NC1([SiH3])CCCCO1)OCC(O)CO.